The van der Waals surface area contributed by atoms with Crippen molar-refractivity contribution >= 4 is 43.3 Å². The summed E-state index contributed by atoms with van der Waals surface area (Å²) in [7, 11) is 0. The third kappa shape index (κ3) is 2.78. The van der Waals surface area contributed by atoms with E-state index in [0.29, 0.717) is 0 Å². The Bertz CT molecular complexity index is 1060. The van der Waals surface area contributed by atoms with E-state index in [2.05, 4.69) is 43.3 Å². The van der Waals surface area contributed by atoms with Crippen molar-refractivity contribution in [1.82, 2.24) is 0 Å². The highest BCUT2D eigenvalue weighted by Gasteiger charge is 2.07. The summed E-state index contributed by atoms with van der Waals surface area (Å²) < 4.78 is 2.09. The van der Waals surface area contributed by atoms with Gasteiger partial charge in [0.05, 0.1) is 0 Å². The molecule has 1 heterocycles. The van der Waals surface area contributed by atoms with Gasteiger partial charge in [0.2, 0.25) is 0 Å². The van der Waals surface area contributed by atoms with Crippen LogP contribution in [-0.2, 0) is 0 Å². The van der Waals surface area contributed by atoms with Gasteiger partial charge >= 0.3 is 0 Å². The van der Waals surface area contributed by atoms with Crippen LogP contribution in [0.4, 0.5) is 0 Å². The summed E-state index contributed by atoms with van der Waals surface area (Å²) in [6, 6.07) is 22.4. The molecule has 0 radical (unpaired) electrons. The highest BCUT2D eigenvalue weighted by Crippen LogP contribution is 2.32. The Morgan fingerprint density at radius 1 is 0.783 bits per heavy atom. The molecule has 4 aromatic rings. The van der Waals surface area contributed by atoms with Gasteiger partial charge in [-0.05, 0) is 49.4 Å². The van der Waals surface area contributed by atoms with Gasteiger partial charge in [-0.1, -0.05) is 41.6 Å². The summed E-state index contributed by atoms with van der Waals surface area (Å²) in [5, 5.41) is 1.62. The molecule has 0 saturated heterocycles. The zero-order valence-corrected chi connectivity index (χ0v) is 14.2. The highest BCUT2D eigenvalue weighted by atomic mass is 32.2. The van der Waals surface area contributed by atoms with E-state index in [1.807, 2.05) is 30.3 Å². The van der Waals surface area contributed by atoms with Crippen LogP contribution in [0, 0.1) is 6.92 Å². The lowest BCUT2D eigenvalue weighted by Crippen LogP contribution is -2.00. The van der Waals surface area contributed by atoms with E-state index < -0.39 is 0 Å². The molecule has 0 fully saturated rings. The molecular formula is C20H14OS2. The van der Waals surface area contributed by atoms with Crippen molar-refractivity contribution in [3.05, 3.63) is 82.5 Å². The Morgan fingerprint density at radius 2 is 1.48 bits per heavy atom. The van der Waals surface area contributed by atoms with E-state index in [9.17, 15) is 4.79 Å². The first-order chi connectivity index (χ1) is 11.2. The van der Waals surface area contributed by atoms with E-state index in [0.717, 1.165) is 25.1 Å². The van der Waals surface area contributed by atoms with E-state index in [4.69, 9.17) is 0 Å². The molecule has 3 aromatic carbocycles. The number of hydrogen-bond acceptors (Lipinski definition) is 3. The average Bonchev–Trinajstić information content (AvgIpc) is 2.58. The summed E-state index contributed by atoms with van der Waals surface area (Å²) in [6.45, 7) is 2.08. The van der Waals surface area contributed by atoms with Crippen LogP contribution >= 0.6 is 23.1 Å². The van der Waals surface area contributed by atoms with Crippen LogP contribution in [0.1, 0.15) is 5.56 Å². The lowest BCUT2D eigenvalue weighted by molar-refractivity contribution is 1.37. The molecule has 0 aliphatic carbocycles. The molecule has 112 valence electrons. The number of rotatable bonds is 2. The molecule has 0 aliphatic heterocycles. The smallest absolute Gasteiger partial charge is 0.195 e. The summed E-state index contributed by atoms with van der Waals surface area (Å²) in [6.07, 6.45) is 0. The average molecular weight is 334 g/mol. The van der Waals surface area contributed by atoms with Crippen LogP contribution < -0.4 is 5.43 Å². The Morgan fingerprint density at radius 3 is 2.30 bits per heavy atom. The number of aryl methyl sites for hydroxylation is 1. The molecule has 0 saturated carbocycles. The fourth-order valence-electron chi connectivity index (χ4n) is 2.59. The number of hydrogen-bond donors (Lipinski definition) is 0. The van der Waals surface area contributed by atoms with Crippen molar-refractivity contribution in [2.45, 2.75) is 16.7 Å². The Balaban J connectivity index is 1.83. The van der Waals surface area contributed by atoms with Crippen molar-refractivity contribution < 1.29 is 0 Å². The van der Waals surface area contributed by atoms with Gasteiger partial charge in [-0.2, -0.15) is 0 Å². The van der Waals surface area contributed by atoms with Crippen molar-refractivity contribution in [2.75, 3.05) is 0 Å². The van der Waals surface area contributed by atoms with Gasteiger partial charge in [0, 0.05) is 30.0 Å². The van der Waals surface area contributed by atoms with Crippen LogP contribution in [-0.4, -0.2) is 0 Å². The molecule has 0 spiro atoms. The third-order valence-corrected chi connectivity index (χ3v) is 5.95. The Hall–Kier alpha value is -2.10. The van der Waals surface area contributed by atoms with E-state index in [-0.39, 0.29) is 5.43 Å². The highest BCUT2D eigenvalue weighted by molar-refractivity contribution is 7.99. The molecule has 0 amide bonds. The minimum Gasteiger partial charge on any atom is -0.289 e. The first-order valence-corrected chi connectivity index (χ1v) is 9.04. The van der Waals surface area contributed by atoms with Crippen LogP contribution in [0.25, 0.3) is 20.2 Å². The maximum absolute atomic E-state index is 12.7. The van der Waals surface area contributed by atoms with Crippen molar-refractivity contribution in [2.24, 2.45) is 0 Å². The first kappa shape index (κ1) is 14.5. The number of fused-ring (bicyclic) bond motifs is 2. The molecule has 0 aliphatic rings. The van der Waals surface area contributed by atoms with Gasteiger partial charge in [-0.25, -0.2) is 0 Å². The molecule has 4 rings (SSSR count). The molecule has 0 N–H and O–H groups in total. The quantitative estimate of drug-likeness (QED) is 0.426. The predicted octanol–water partition coefficient (Wildman–Crippen LogP) is 5.87. The van der Waals surface area contributed by atoms with Gasteiger partial charge in [-0.3, -0.25) is 4.79 Å². The third-order valence-electron chi connectivity index (χ3n) is 3.80. The van der Waals surface area contributed by atoms with Crippen LogP contribution in [0.15, 0.2) is 81.3 Å². The first-order valence-electron chi connectivity index (χ1n) is 7.41. The van der Waals surface area contributed by atoms with E-state index in [1.165, 1.54) is 10.5 Å². The van der Waals surface area contributed by atoms with Gasteiger partial charge < -0.3 is 0 Å². The molecule has 1 aromatic heterocycles. The zero-order chi connectivity index (χ0) is 15.8. The maximum Gasteiger partial charge on any atom is 0.195 e. The van der Waals surface area contributed by atoms with Gasteiger partial charge in [0.1, 0.15) is 0 Å². The van der Waals surface area contributed by atoms with Gasteiger partial charge in [0.15, 0.2) is 5.43 Å². The van der Waals surface area contributed by atoms with Crippen molar-refractivity contribution in [3.8, 4) is 0 Å². The van der Waals surface area contributed by atoms with Crippen molar-refractivity contribution in [1.29, 1.82) is 0 Å². The van der Waals surface area contributed by atoms with E-state index >= 15 is 0 Å². The standard InChI is InChI=1S/C20H14OS2/c1-13-6-8-14(9-7-13)22-15-10-11-19-17(12-15)20(21)16-4-2-3-5-18(16)23-19/h2-12H,1H3. The predicted molar refractivity (Wildman–Crippen MR) is 101 cm³/mol. The summed E-state index contributed by atoms with van der Waals surface area (Å²) in [5.41, 5.74) is 1.38. The fourth-order valence-corrected chi connectivity index (χ4v) is 4.50. The topological polar surface area (TPSA) is 17.1 Å². The summed E-state index contributed by atoms with van der Waals surface area (Å²) >= 11 is 3.36. The second-order valence-corrected chi connectivity index (χ2v) is 7.73. The molecule has 0 atom stereocenters. The van der Waals surface area contributed by atoms with Crippen molar-refractivity contribution in [3.63, 3.8) is 0 Å². The Kier molecular flexibility index (Phi) is 3.68. The Labute approximate surface area is 142 Å². The SMILES string of the molecule is Cc1ccc(Sc2ccc3sc4ccccc4c(=O)c3c2)cc1. The minimum absolute atomic E-state index is 0.126. The van der Waals surface area contributed by atoms with Gasteiger partial charge in [0.25, 0.3) is 0 Å². The van der Waals surface area contributed by atoms with Crippen LogP contribution in [0.3, 0.4) is 0 Å². The molecular weight excluding hydrogens is 320 g/mol. The largest absolute Gasteiger partial charge is 0.289 e. The summed E-state index contributed by atoms with van der Waals surface area (Å²) in [5.74, 6) is 0. The van der Waals surface area contributed by atoms with Crippen LogP contribution in [0.5, 0.6) is 0 Å². The lowest BCUT2D eigenvalue weighted by Gasteiger charge is -2.05. The summed E-state index contributed by atoms with van der Waals surface area (Å²) in [4.78, 5) is 15.0. The minimum atomic E-state index is 0.126. The molecule has 0 bridgehead atoms. The zero-order valence-electron chi connectivity index (χ0n) is 12.6. The molecule has 3 heteroatoms. The van der Waals surface area contributed by atoms with Crippen LogP contribution in [0.2, 0.25) is 0 Å². The second-order valence-electron chi connectivity index (χ2n) is 5.50. The van der Waals surface area contributed by atoms with Gasteiger partial charge in [-0.15, -0.1) is 11.3 Å². The maximum atomic E-state index is 12.7. The van der Waals surface area contributed by atoms with E-state index in [1.54, 1.807) is 23.1 Å². The number of benzene rings is 3. The monoisotopic (exact) mass is 334 g/mol. The second kappa shape index (κ2) is 5.84. The fraction of sp³-hybridized carbons (Fsp3) is 0.0500. The molecule has 0 unspecified atom stereocenters. The normalized spacial score (nSPS) is 11.2. The molecule has 23 heavy (non-hydrogen) atoms. The molecule has 1 nitrogen and oxygen atoms in total. The lowest BCUT2D eigenvalue weighted by atomic mass is 10.2.